The molecule has 0 radical (unpaired) electrons. The van der Waals surface area contributed by atoms with Crippen LogP contribution in [0.25, 0.3) is 0 Å². The lowest BCUT2D eigenvalue weighted by atomic mass is 9.82. The third kappa shape index (κ3) is 3.05. The molecule has 0 spiro atoms. The molecule has 0 aliphatic heterocycles. The van der Waals surface area contributed by atoms with Crippen molar-refractivity contribution in [3.05, 3.63) is 83.5 Å². The van der Waals surface area contributed by atoms with Gasteiger partial charge in [-0.3, -0.25) is 0 Å². The van der Waals surface area contributed by atoms with Crippen molar-refractivity contribution in [2.75, 3.05) is 0 Å². The molecule has 1 aliphatic carbocycles. The van der Waals surface area contributed by atoms with Gasteiger partial charge in [-0.1, -0.05) is 42.5 Å². The molecule has 112 valence electrons. The highest BCUT2D eigenvalue weighted by molar-refractivity contribution is 5.48. The Morgan fingerprint density at radius 2 is 1.32 bits per heavy atom. The molecular weight excluding hydrogens is 276 g/mol. The van der Waals surface area contributed by atoms with Crippen molar-refractivity contribution >= 4 is 0 Å². The summed E-state index contributed by atoms with van der Waals surface area (Å²) in [6, 6.07) is 14.3. The second-order valence-corrected chi connectivity index (χ2v) is 5.48. The van der Waals surface area contributed by atoms with Gasteiger partial charge in [0.05, 0.1) is 6.10 Å². The van der Waals surface area contributed by atoms with Crippen LogP contribution in [0.2, 0.25) is 0 Å². The summed E-state index contributed by atoms with van der Waals surface area (Å²) in [5.74, 6) is 0.471. The summed E-state index contributed by atoms with van der Waals surface area (Å²) in [5.41, 5.74) is 3.20. The van der Waals surface area contributed by atoms with E-state index in [0.29, 0.717) is 6.42 Å². The molecule has 3 nitrogen and oxygen atoms in total. The first-order chi connectivity index (χ1) is 10.6. The molecule has 0 amide bonds. The molecule has 2 aromatic carbocycles. The van der Waals surface area contributed by atoms with Crippen molar-refractivity contribution in [1.29, 1.82) is 0 Å². The van der Waals surface area contributed by atoms with Crippen LogP contribution in [0.1, 0.15) is 23.5 Å². The van der Waals surface area contributed by atoms with Gasteiger partial charge in [-0.05, 0) is 47.4 Å². The molecule has 22 heavy (non-hydrogen) atoms. The van der Waals surface area contributed by atoms with Crippen molar-refractivity contribution in [2.45, 2.75) is 18.4 Å². The van der Waals surface area contributed by atoms with E-state index in [0.717, 1.165) is 16.7 Å². The minimum atomic E-state index is -0.427. The first-order valence-electron chi connectivity index (χ1n) is 7.27. The Labute approximate surface area is 129 Å². The van der Waals surface area contributed by atoms with Gasteiger partial charge < -0.3 is 15.3 Å². The Balaban J connectivity index is 2.04. The predicted octanol–water partition coefficient (Wildman–Crippen LogP) is 3.48. The topological polar surface area (TPSA) is 60.7 Å². The Kier molecular flexibility index (Phi) is 3.98. The molecule has 1 atom stereocenters. The van der Waals surface area contributed by atoms with Gasteiger partial charge in [0.15, 0.2) is 0 Å². The highest BCUT2D eigenvalue weighted by Gasteiger charge is 2.19. The van der Waals surface area contributed by atoms with Crippen LogP contribution in [0.4, 0.5) is 0 Å². The van der Waals surface area contributed by atoms with Crippen LogP contribution in [-0.2, 0) is 0 Å². The van der Waals surface area contributed by atoms with E-state index in [2.05, 4.69) is 0 Å². The largest absolute Gasteiger partial charge is 0.508 e. The van der Waals surface area contributed by atoms with Gasteiger partial charge in [0.1, 0.15) is 11.5 Å². The third-order valence-corrected chi connectivity index (χ3v) is 3.89. The molecule has 3 heteroatoms. The predicted molar refractivity (Wildman–Crippen MR) is 85.9 cm³/mol. The summed E-state index contributed by atoms with van der Waals surface area (Å²) in [7, 11) is 0. The smallest absolute Gasteiger partial charge is 0.115 e. The van der Waals surface area contributed by atoms with Crippen molar-refractivity contribution in [3.8, 4) is 11.5 Å². The second kappa shape index (κ2) is 6.08. The monoisotopic (exact) mass is 294 g/mol. The summed E-state index contributed by atoms with van der Waals surface area (Å²) in [6.07, 6.45) is 5.94. The number of phenolic OH excluding ortho intramolecular Hbond substituents is 2. The molecule has 1 unspecified atom stereocenters. The minimum Gasteiger partial charge on any atom is -0.508 e. The number of hydrogen-bond donors (Lipinski definition) is 3. The van der Waals surface area contributed by atoms with E-state index in [9.17, 15) is 15.3 Å². The Morgan fingerprint density at radius 1 is 0.818 bits per heavy atom. The fourth-order valence-corrected chi connectivity index (χ4v) is 2.75. The first-order valence-corrected chi connectivity index (χ1v) is 7.27. The van der Waals surface area contributed by atoms with Crippen LogP contribution >= 0.6 is 0 Å². The highest BCUT2D eigenvalue weighted by atomic mass is 16.3. The first kappa shape index (κ1) is 14.4. The average Bonchev–Trinajstić information content (AvgIpc) is 2.53. The molecule has 0 bridgehead atoms. The number of allylic oxidation sites excluding steroid dienone is 2. The van der Waals surface area contributed by atoms with Crippen LogP contribution in [0.15, 0.2) is 72.3 Å². The lowest BCUT2D eigenvalue weighted by molar-refractivity contribution is 0.225. The molecule has 1 aliphatic rings. The van der Waals surface area contributed by atoms with Gasteiger partial charge in [-0.15, -0.1) is 0 Å². The molecule has 0 fully saturated rings. The van der Waals surface area contributed by atoms with Crippen LogP contribution < -0.4 is 0 Å². The van der Waals surface area contributed by atoms with Crippen LogP contribution in [0.5, 0.6) is 11.5 Å². The van der Waals surface area contributed by atoms with Gasteiger partial charge in [0, 0.05) is 5.92 Å². The Morgan fingerprint density at radius 3 is 1.73 bits per heavy atom. The van der Waals surface area contributed by atoms with E-state index >= 15 is 0 Å². The molecule has 3 N–H and O–H groups in total. The van der Waals surface area contributed by atoms with Crippen molar-refractivity contribution in [1.82, 2.24) is 0 Å². The SMILES string of the molecule is Oc1ccc(C(C2=CCC(O)C=C2)c2ccc(O)cc2)cc1. The van der Waals surface area contributed by atoms with E-state index in [4.69, 9.17) is 0 Å². The second-order valence-electron chi connectivity index (χ2n) is 5.48. The molecule has 3 rings (SSSR count). The van der Waals surface area contributed by atoms with Gasteiger partial charge in [-0.25, -0.2) is 0 Å². The van der Waals surface area contributed by atoms with Crippen LogP contribution in [0.3, 0.4) is 0 Å². The number of aliphatic hydroxyl groups excluding tert-OH is 1. The average molecular weight is 294 g/mol. The van der Waals surface area contributed by atoms with Gasteiger partial charge in [0.25, 0.3) is 0 Å². The maximum absolute atomic E-state index is 9.63. The lowest BCUT2D eigenvalue weighted by Gasteiger charge is -2.22. The fraction of sp³-hybridized carbons (Fsp3) is 0.158. The summed E-state index contributed by atoms with van der Waals surface area (Å²) < 4.78 is 0. The zero-order valence-corrected chi connectivity index (χ0v) is 12.1. The van der Waals surface area contributed by atoms with Crippen molar-refractivity contribution < 1.29 is 15.3 Å². The van der Waals surface area contributed by atoms with Gasteiger partial charge in [-0.2, -0.15) is 0 Å². The molecule has 0 saturated carbocycles. The summed E-state index contributed by atoms with van der Waals surface area (Å²) >= 11 is 0. The molecule has 0 heterocycles. The van der Waals surface area contributed by atoms with Crippen LogP contribution in [-0.4, -0.2) is 21.4 Å². The number of phenols is 2. The zero-order valence-electron chi connectivity index (χ0n) is 12.1. The number of rotatable bonds is 3. The zero-order chi connectivity index (χ0) is 15.5. The maximum atomic E-state index is 9.63. The summed E-state index contributed by atoms with van der Waals surface area (Å²) in [6.45, 7) is 0. The normalized spacial score (nSPS) is 17.5. The molecular formula is C19H18O3. The Bertz CT molecular complexity index is 651. The maximum Gasteiger partial charge on any atom is 0.115 e. The van der Waals surface area contributed by atoms with E-state index in [-0.39, 0.29) is 17.4 Å². The highest BCUT2D eigenvalue weighted by Crippen LogP contribution is 2.35. The van der Waals surface area contributed by atoms with Crippen molar-refractivity contribution in [3.63, 3.8) is 0 Å². The summed E-state index contributed by atoms with van der Waals surface area (Å²) in [5, 5.41) is 28.6. The minimum absolute atomic E-state index is 0.00458. The van der Waals surface area contributed by atoms with Gasteiger partial charge >= 0.3 is 0 Å². The Hall–Kier alpha value is -2.52. The quantitative estimate of drug-likeness (QED) is 0.812. The van der Waals surface area contributed by atoms with E-state index in [1.807, 2.05) is 36.4 Å². The van der Waals surface area contributed by atoms with E-state index < -0.39 is 6.10 Å². The number of aromatic hydroxyl groups is 2. The standard InChI is InChI=1S/C19H18O3/c20-16-7-1-13(2-8-16)19(14-3-9-17(21)10-4-14)15-5-11-18(22)12-6-15/h1-11,18-22H,12H2. The van der Waals surface area contributed by atoms with E-state index in [1.165, 1.54) is 0 Å². The summed E-state index contributed by atoms with van der Waals surface area (Å²) in [4.78, 5) is 0. The van der Waals surface area contributed by atoms with E-state index in [1.54, 1.807) is 30.3 Å². The fourth-order valence-electron chi connectivity index (χ4n) is 2.75. The lowest BCUT2D eigenvalue weighted by Crippen LogP contribution is -2.10. The van der Waals surface area contributed by atoms with Crippen molar-refractivity contribution in [2.24, 2.45) is 0 Å². The van der Waals surface area contributed by atoms with Crippen LogP contribution in [0, 0.1) is 0 Å². The molecule has 0 saturated heterocycles. The molecule has 0 aromatic heterocycles. The number of aliphatic hydroxyl groups is 1. The number of benzene rings is 2. The number of hydrogen-bond acceptors (Lipinski definition) is 3. The molecule has 2 aromatic rings. The van der Waals surface area contributed by atoms with Gasteiger partial charge in [0.2, 0.25) is 0 Å². The third-order valence-electron chi connectivity index (χ3n) is 3.89.